The zero-order valence-electron chi connectivity index (χ0n) is 13.5. The van der Waals surface area contributed by atoms with Crippen molar-refractivity contribution in [3.63, 3.8) is 0 Å². The fourth-order valence-corrected chi connectivity index (χ4v) is 2.91. The SMILES string of the molecule is O=C(NCCc1ccccc1F)c1ccnc(NC2CCCC2)n1. The van der Waals surface area contributed by atoms with Crippen molar-refractivity contribution in [3.8, 4) is 0 Å². The van der Waals surface area contributed by atoms with E-state index in [1.807, 2.05) is 0 Å². The molecule has 24 heavy (non-hydrogen) atoms. The number of nitrogens with zero attached hydrogens (tertiary/aromatic N) is 2. The molecule has 6 heteroatoms. The average molecular weight is 328 g/mol. The van der Waals surface area contributed by atoms with Crippen molar-refractivity contribution in [2.75, 3.05) is 11.9 Å². The summed E-state index contributed by atoms with van der Waals surface area (Å²) in [5.74, 6) is -0.0382. The molecule has 5 nitrogen and oxygen atoms in total. The van der Waals surface area contributed by atoms with Crippen molar-refractivity contribution in [1.29, 1.82) is 0 Å². The molecule has 0 saturated heterocycles. The minimum atomic E-state index is -0.275. The van der Waals surface area contributed by atoms with Gasteiger partial charge < -0.3 is 10.6 Å². The molecule has 2 aromatic rings. The quantitative estimate of drug-likeness (QED) is 0.855. The molecule has 1 aromatic heterocycles. The third kappa shape index (κ3) is 4.28. The molecule has 126 valence electrons. The Labute approximate surface area is 140 Å². The van der Waals surface area contributed by atoms with Gasteiger partial charge in [0.15, 0.2) is 0 Å². The lowest BCUT2D eigenvalue weighted by Gasteiger charge is -2.12. The molecule has 2 N–H and O–H groups in total. The molecule has 0 unspecified atom stereocenters. The summed E-state index contributed by atoms with van der Waals surface area (Å²) in [6.45, 7) is 0.356. The summed E-state index contributed by atoms with van der Waals surface area (Å²) < 4.78 is 13.5. The molecular weight excluding hydrogens is 307 g/mol. The monoisotopic (exact) mass is 328 g/mol. The Balaban J connectivity index is 1.53. The Morgan fingerprint density at radius 1 is 1.21 bits per heavy atom. The van der Waals surface area contributed by atoms with Gasteiger partial charge in [0.1, 0.15) is 11.5 Å². The predicted molar refractivity (Wildman–Crippen MR) is 90.3 cm³/mol. The molecule has 0 bridgehead atoms. The van der Waals surface area contributed by atoms with E-state index >= 15 is 0 Å². The summed E-state index contributed by atoms with van der Waals surface area (Å²) >= 11 is 0. The Hall–Kier alpha value is -2.50. The van der Waals surface area contributed by atoms with Crippen LogP contribution in [0.4, 0.5) is 10.3 Å². The van der Waals surface area contributed by atoms with Crippen LogP contribution in [0.1, 0.15) is 41.7 Å². The van der Waals surface area contributed by atoms with Gasteiger partial charge in [-0.2, -0.15) is 0 Å². The van der Waals surface area contributed by atoms with E-state index in [9.17, 15) is 9.18 Å². The van der Waals surface area contributed by atoms with E-state index in [4.69, 9.17) is 0 Å². The summed E-state index contributed by atoms with van der Waals surface area (Å²) in [4.78, 5) is 20.6. The van der Waals surface area contributed by atoms with Gasteiger partial charge in [0.25, 0.3) is 5.91 Å². The fourth-order valence-electron chi connectivity index (χ4n) is 2.91. The molecule has 0 spiro atoms. The lowest BCUT2D eigenvalue weighted by atomic mass is 10.1. The van der Waals surface area contributed by atoms with Crippen LogP contribution in [0.3, 0.4) is 0 Å². The number of aromatic nitrogens is 2. The number of nitrogens with one attached hydrogen (secondary N) is 2. The summed E-state index contributed by atoms with van der Waals surface area (Å²) in [6, 6.07) is 8.55. The van der Waals surface area contributed by atoms with E-state index in [0.29, 0.717) is 36.2 Å². The second kappa shape index (κ2) is 7.86. The standard InChI is InChI=1S/C18H21FN4O/c19-15-8-4-1-5-13(15)9-11-20-17(24)16-10-12-21-18(23-16)22-14-6-2-3-7-14/h1,4-5,8,10,12,14H,2-3,6-7,9,11H2,(H,20,24)(H,21,22,23). The number of carbonyl (C=O) groups is 1. The van der Waals surface area contributed by atoms with E-state index in [0.717, 1.165) is 12.8 Å². The molecule has 0 aliphatic heterocycles. The maximum absolute atomic E-state index is 13.5. The zero-order valence-corrected chi connectivity index (χ0v) is 13.5. The first-order valence-electron chi connectivity index (χ1n) is 8.33. The minimum Gasteiger partial charge on any atom is -0.351 e. The number of hydrogen-bond donors (Lipinski definition) is 2. The Bertz CT molecular complexity index is 701. The van der Waals surface area contributed by atoms with E-state index < -0.39 is 0 Å². The van der Waals surface area contributed by atoms with Crippen LogP contribution in [0, 0.1) is 5.82 Å². The van der Waals surface area contributed by atoms with E-state index in [-0.39, 0.29) is 11.7 Å². The first kappa shape index (κ1) is 16.4. The van der Waals surface area contributed by atoms with Gasteiger partial charge in [0.2, 0.25) is 5.95 Å². The van der Waals surface area contributed by atoms with Crippen LogP contribution in [-0.2, 0) is 6.42 Å². The van der Waals surface area contributed by atoms with Gasteiger partial charge in [0, 0.05) is 18.8 Å². The van der Waals surface area contributed by atoms with E-state index in [2.05, 4.69) is 20.6 Å². The lowest BCUT2D eigenvalue weighted by molar-refractivity contribution is 0.0949. The van der Waals surface area contributed by atoms with Crippen molar-refractivity contribution in [2.45, 2.75) is 38.1 Å². The highest BCUT2D eigenvalue weighted by Gasteiger charge is 2.16. The molecule has 1 heterocycles. The maximum Gasteiger partial charge on any atom is 0.270 e. The van der Waals surface area contributed by atoms with Crippen LogP contribution >= 0.6 is 0 Å². The van der Waals surface area contributed by atoms with Gasteiger partial charge in [-0.05, 0) is 37.0 Å². The highest BCUT2D eigenvalue weighted by Crippen LogP contribution is 2.20. The van der Waals surface area contributed by atoms with Crippen molar-refractivity contribution < 1.29 is 9.18 Å². The van der Waals surface area contributed by atoms with Crippen LogP contribution in [0.5, 0.6) is 0 Å². The highest BCUT2D eigenvalue weighted by atomic mass is 19.1. The summed E-state index contributed by atoms with van der Waals surface area (Å²) in [5.41, 5.74) is 0.906. The summed E-state index contributed by atoms with van der Waals surface area (Å²) in [7, 11) is 0. The lowest BCUT2D eigenvalue weighted by Crippen LogP contribution is -2.27. The smallest absolute Gasteiger partial charge is 0.270 e. The molecule has 1 saturated carbocycles. The molecule has 1 aliphatic carbocycles. The van der Waals surface area contributed by atoms with Crippen LogP contribution in [0.15, 0.2) is 36.5 Å². The molecule has 1 aliphatic rings. The maximum atomic E-state index is 13.5. The van der Waals surface area contributed by atoms with Crippen molar-refractivity contribution in [1.82, 2.24) is 15.3 Å². The third-order valence-electron chi connectivity index (χ3n) is 4.21. The third-order valence-corrected chi connectivity index (χ3v) is 4.21. The van der Waals surface area contributed by atoms with Crippen molar-refractivity contribution in [3.05, 3.63) is 53.6 Å². The number of halogens is 1. The molecule has 3 rings (SSSR count). The van der Waals surface area contributed by atoms with Crippen molar-refractivity contribution in [2.24, 2.45) is 0 Å². The van der Waals surface area contributed by atoms with Crippen LogP contribution in [0.25, 0.3) is 0 Å². The average Bonchev–Trinajstić information content (AvgIpc) is 3.10. The summed E-state index contributed by atoms with van der Waals surface area (Å²) in [5, 5.41) is 6.05. The Morgan fingerprint density at radius 3 is 2.79 bits per heavy atom. The fraction of sp³-hybridized carbons (Fsp3) is 0.389. The molecule has 1 aromatic carbocycles. The number of anilines is 1. The number of amides is 1. The van der Waals surface area contributed by atoms with Crippen LogP contribution in [0.2, 0.25) is 0 Å². The number of benzene rings is 1. The molecule has 0 radical (unpaired) electrons. The Kier molecular flexibility index (Phi) is 5.36. The van der Waals surface area contributed by atoms with Gasteiger partial charge in [-0.1, -0.05) is 31.0 Å². The molecular formula is C18H21FN4O. The molecule has 1 amide bonds. The normalized spacial score (nSPS) is 14.5. The molecule has 1 fully saturated rings. The second-order valence-electron chi connectivity index (χ2n) is 5.99. The summed E-state index contributed by atoms with van der Waals surface area (Å²) in [6.07, 6.45) is 6.68. The topological polar surface area (TPSA) is 66.9 Å². The molecule has 0 atom stereocenters. The van der Waals surface area contributed by atoms with Gasteiger partial charge in [0.05, 0.1) is 0 Å². The second-order valence-corrected chi connectivity index (χ2v) is 5.99. The minimum absolute atomic E-state index is 0.253. The highest BCUT2D eigenvalue weighted by molar-refractivity contribution is 5.92. The Morgan fingerprint density at radius 2 is 2.00 bits per heavy atom. The largest absolute Gasteiger partial charge is 0.351 e. The van der Waals surface area contributed by atoms with Gasteiger partial charge in [-0.15, -0.1) is 0 Å². The van der Waals surface area contributed by atoms with Crippen LogP contribution in [-0.4, -0.2) is 28.5 Å². The van der Waals surface area contributed by atoms with Gasteiger partial charge in [-0.3, -0.25) is 4.79 Å². The number of hydrogen-bond acceptors (Lipinski definition) is 4. The van der Waals surface area contributed by atoms with E-state index in [1.165, 1.54) is 18.9 Å². The van der Waals surface area contributed by atoms with Crippen molar-refractivity contribution >= 4 is 11.9 Å². The number of carbonyl (C=O) groups excluding carboxylic acids is 1. The van der Waals surface area contributed by atoms with Gasteiger partial charge >= 0.3 is 0 Å². The number of rotatable bonds is 6. The van der Waals surface area contributed by atoms with Gasteiger partial charge in [-0.25, -0.2) is 14.4 Å². The van der Waals surface area contributed by atoms with Crippen LogP contribution < -0.4 is 10.6 Å². The first-order valence-corrected chi connectivity index (χ1v) is 8.33. The zero-order chi connectivity index (χ0) is 16.8. The first-order chi connectivity index (χ1) is 11.7. The predicted octanol–water partition coefficient (Wildman–Crippen LogP) is 2.94. The van der Waals surface area contributed by atoms with E-state index in [1.54, 1.807) is 30.5 Å².